The van der Waals surface area contributed by atoms with Gasteiger partial charge in [0.25, 0.3) is 0 Å². The van der Waals surface area contributed by atoms with Crippen LogP contribution in [-0.4, -0.2) is 11.0 Å². The van der Waals surface area contributed by atoms with Crippen LogP contribution in [0.3, 0.4) is 0 Å². The fourth-order valence-electron chi connectivity index (χ4n) is 0.549. The van der Waals surface area contributed by atoms with E-state index in [4.69, 9.17) is 11.2 Å². The van der Waals surface area contributed by atoms with Crippen molar-refractivity contribution in [1.29, 1.82) is 0 Å². The van der Waals surface area contributed by atoms with Crippen LogP contribution in [0.5, 0.6) is 0 Å². The fraction of sp³-hybridized carbons (Fsp3) is 0.500. The van der Waals surface area contributed by atoms with E-state index >= 15 is 0 Å². The number of halogens is 1. The average molecular weight is 151 g/mol. The van der Waals surface area contributed by atoms with Crippen molar-refractivity contribution in [3.05, 3.63) is 0 Å². The van der Waals surface area contributed by atoms with Gasteiger partial charge in [-0.1, -0.05) is 11.2 Å². The highest BCUT2D eigenvalue weighted by atomic mass is 35.7. The van der Waals surface area contributed by atoms with E-state index in [2.05, 4.69) is 0 Å². The number of rotatable bonds is 0. The zero-order valence-electron chi connectivity index (χ0n) is 4.06. The van der Waals surface area contributed by atoms with Gasteiger partial charge < -0.3 is 0 Å². The Balaban J connectivity index is 2.70. The minimum Gasteiger partial charge on any atom is -0.293 e. The third-order valence-electron chi connectivity index (χ3n) is 0.991. The first-order valence-corrected chi connectivity index (χ1v) is 4.48. The predicted molar refractivity (Wildman–Crippen MR) is 32.0 cm³/mol. The van der Waals surface area contributed by atoms with Crippen molar-refractivity contribution in [2.75, 3.05) is 0 Å². The van der Waals surface area contributed by atoms with E-state index in [1.54, 1.807) is 0 Å². The SMILES string of the molecule is O=C1CCC(=O)P1Cl. The van der Waals surface area contributed by atoms with E-state index in [1.165, 1.54) is 0 Å². The number of hydrogen-bond acceptors (Lipinski definition) is 2. The topological polar surface area (TPSA) is 34.1 Å². The molecule has 1 heterocycles. The minimum atomic E-state index is -1.39. The van der Waals surface area contributed by atoms with Crippen molar-refractivity contribution < 1.29 is 9.59 Å². The highest BCUT2D eigenvalue weighted by Crippen LogP contribution is 2.50. The molecule has 1 fully saturated rings. The molecular formula is C4H4ClO2P. The summed E-state index contributed by atoms with van der Waals surface area (Å²) in [7, 11) is -1.39. The standard InChI is InChI=1S/C4H4ClO2P/c5-8-3(6)1-2-4(8)7/h1-2H2. The summed E-state index contributed by atoms with van der Waals surface area (Å²) in [5, 5.41) is 0. The Labute approximate surface area is 52.7 Å². The summed E-state index contributed by atoms with van der Waals surface area (Å²) < 4.78 is 0. The number of carbonyl (C=O) groups excluding carboxylic acids is 2. The van der Waals surface area contributed by atoms with Gasteiger partial charge in [0, 0.05) is 12.8 Å². The first-order valence-electron chi connectivity index (χ1n) is 2.23. The summed E-state index contributed by atoms with van der Waals surface area (Å²) >= 11 is 5.38. The van der Waals surface area contributed by atoms with Crippen LogP contribution in [0.1, 0.15) is 12.8 Å². The van der Waals surface area contributed by atoms with Crippen LogP contribution in [0.4, 0.5) is 0 Å². The molecule has 44 valence electrons. The first-order chi connectivity index (χ1) is 3.72. The lowest BCUT2D eigenvalue weighted by atomic mass is 10.4. The van der Waals surface area contributed by atoms with E-state index in [9.17, 15) is 9.59 Å². The molecule has 0 saturated carbocycles. The predicted octanol–water partition coefficient (Wildman–Crippen LogP) is 1.47. The van der Waals surface area contributed by atoms with Gasteiger partial charge in [0.15, 0.2) is 11.0 Å². The molecule has 1 saturated heterocycles. The molecule has 4 heteroatoms. The molecule has 0 spiro atoms. The van der Waals surface area contributed by atoms with Crippen molar-refractivity contribution in [3.63, 3.8) is 0 Å². The summed E-state index contributed by atoms with van der Waals surface area (Å²) in [5.74, 6) is 0. The molecule has 0 unspecified atom stereocenters. The van der Waals surface area contributed by atoms with Gasteiger partial charge in [0.1, 0.15) is 7.27 Å². The van der Waals surface area contributed by atoms with Crippen LogP contribution >= 0.6 is 18.5 Å². The van der Waals surface area contributed by atoms with E-state index < -0.39 is 7.27 Å². The molecule has 0 aromatic rings. The highest BCUT2D eigenvalue weighted by molar-refractivity contribution is 8.08. The Morgan fingerprint density at radius 1 is 1.25 bits per heavy atom. The summed E-state index contributed by atoms with van der Waals surface area (Å²) in [6.45, 7) is 0. The lowest BCUT2D eigenvalue weighted by Crippen LogP contribution is -1.80. The molecule has 0 aromatic carbocycles. The Hall–Kier alpha value is 0.0600. The number of hydrogen-bond donors (Lipinski definition) is 0. The molecule has 1 rings (SSSR count). The van der Waals surface area contributed by atoms with Crippen molar-refractivity contribution in [2.24, 2.45) is 0 Å². The van der Waals surface area contributed by atoms with Crippen molar-refractivity contribution in [2.45, 2.75) is 12.8 Å². The lowest BCUT2D eigenvalue weighted by Gasteiger charge is -1.87. The second-order valence-corrected chi connectivity index (χ2v) is 4.14. The third kappa shape index (κ3) is 0.910. The minimum absolute atomic E-state index is 0.0633. The molecule has 0 bridgehead atoms. The van der Waals surface area contributed by atoms with E-state index in [1.807, 2.05) is 0 Å². The van der Waals surface area contributed by atoms with E-state index in [0.29, 0.717) is 12.8 Å². The van der Waals surface area contributed by atoms with Crippen molar-refractivity contribution in [1.82, 2.24) is 0 Å². The maximum absolute atomic E-state index is 10.5. The molecule has 1 aliphatic heterocycles. The molecule has 8 heavy (non-hydrogen) atoms. The molecule has 2 nitrogen and oxygen atoms in total. The molecule has 1 aliphatic rings. The smallest absolute Gasteiger partial charge is 0.177 e. The highest BCUT2D eigenvalue weighted by Gasteiger charge is 2.30. The fourth-order valence-corrected chi connectivity index (χ4v) is 1.95. The van der Waals surface area contributed by atoms with Crippen LogP contribution in [0.15, 0.2) is 0 Å². The van der Waals surface area contributed by atoms with Gasteiger partial charge in [0.05, 0.1) is 0 Å². The monoisotopic (exact) mass is 150 g/mol. The van der Waals surface area contributed by atoms with Crippen LogP contribution in [0.25, 0.3) is 0 Å². The largest absolute Gasteiger partial charge is 0.293 e. The van der Waals surface area contributed by atoms with Crippen LogP contribution in [0.2, 0.25) is 0 Å². The second-order valence-electron chi connectivity index (χ2n) is 1.57. The molecule has 0 aliphatic carbocycles. The molecular weight excluding hydrogens is 146 g/mol. The first kappa shape index (κ1) is 6.18. The van der Waals surface area contributed by atoms with Gasteiger partial charge in [-0.05, 0) is 0 Å². The Kier molecular flexibility index (Phi) is 1.64. The van der Waals surface area contributed by atoms with Crippen LogP contribution in [-0.2, 0) is 9.59 Å². The van der Waals surface area contributed by atoms with E-state index in [0.717, 1.165) is 0 Å². The zero-order valence-corrected chi connectivity index (χ0v) is 5.71. The summed E-state index contributed by atoms with van der Waals surface area (Å²) in [4.78, 5) is 20.9. The maximum atomic E-state index is 10.5. The summed E-state index contributed by atoms with van der Waals surface area (Å²) in [5.41, 5.74) is -0.127. The Bertz CT molecular complexity index is 129. The van der Waals surface area contributed by atoms with Gasteiger partial charge in [-0.15, -0.1) is 0 Å². The molecule has 0 atom stereocenters. The molecule has 0 N–H and O–H groups in total. The lowest BCUT2D eigenvalue weighted by molar-refractivity contribution is -0.112. The molecule has 0 aromatic heterocycles. The second kappa shape index (κ2) is 2.12. The quantitative estimate of drug-likeness (QED) is 0.490. The maximum Gasteiger partial charge on any atom is 0.177 e. The molecule has 0 radical (unpaired) electrons. The Morgan fingerprint density at radius 2 is 1.62 bits per heavy atom. The summed E-state index contributed by atoms with van der Waals surface area (Å²) in [6.07, 6.45) is 0.738. The van der Waals surface area contributed by atoms with Crippen LogP contribution < -0.4 is 0 Å². The zero-order chi connectivity index (χ0) is 6.15. The van der Waals surface area contributed by atoms with E-state index in [-0.39, 0.29) is 11.0 Å². The van der Waals surface area contributed by atoms with Crippen LogP contribution in [0, 0.1) is 0 Å². The van der Waals surface area contributed by atoms with Crippen molar-refractivity contribution >= 4 is 29.6 Å². The molecule has 0 amide bonds. The van der Waals surface area contributed by atoms with Crippen molar-refractivity contribution in [3.8, 4) is 0 Å². The Morgan fingerprint density at radius 3 is 1.75 bits per heavy atom. The number of carbonyl (C=O) groups is 2. The van der Waals surface area contributed by atoms with Gasteiger partial charge in [-0.25, -0.2) is 0 Å². The third-order valence-corrected chi connectivity index (χ3v) is 3.44. The average Bonchev–Trinajstić information content (AvgIpc) is 1.98. The summed E-state index contributed by atoms with van der Waals surface area (Å²) in [6, 6.07) is 0. The van der Waals surface area contributed by atoms with Gasteiger partial charge >= 0.3 is 0 Å². The van der Waals surface area contributed by atoms with Gasteiger partial charge in [-0.3, -0.25) is 9.59 Å². The van der Waals surface area contributed by atoms with Gasteiger partial charge in [-0.2, -0.15) is 0 Å². The normalized spacial score (nSPS) is 22.6. The van der Waals surface area contributed by atoms with Gasteiger partial charge in [0.2, 0.25) is 0 Å².